The van der Waals surface area contributed by atoms with Gasteiger partial charge in [-0.25, -0.2) is 9.78 Å². The SMILES string of the molecule is CCOC(=O)c1cccc(-c2ccc(OCc3ccccc3)cc2)n1. The monoisotopic (exact) mass is 333 g/mol. The van der Waals surface area contributed by atoms with Crippen molar-refractivity contribution in [2.75, 3.05) is 6.61 Å². The standard InChI is InChI=1S/C21H19NO3/c1-2-24-21(23)20-10-6-9-19(22-20)17-11-13-18(14-12-17)25-15-16-7-4-3-5-8-16/h3-14H,2,15H2,1H3. The summed E-state index contributed by atoms with van der Waals surface area (Å²) in [6, 6.07) is 23.0. The largest absolute Gasteiger partial charge is 0.489 e. The van der Waals surface area contributed by atoms with Crippen molar-refractivity contribution in [1.29, 1.82) is 0 Å². The second-order valence-corrected chi connectivity index (χ2v) is 5.43. The van der Waals surface area contributed by atoms with E-state index in [0.29, 0.717) is 18.9 Å². The number of benzene rings is 2. The predicted molar refractivity (Wildman–Crippen MR) is 96.4 cm³/mol. The summed E-state index contributed by atoms with van der Waals surface area (Å²) in [5, 5.41) is 0. The van der Waals surface area contributed by atoms with Crippen LogP contribution in [0.2, 0.25) is 0 Å². The molecule has 0 bridgehead atoms. The Balaban J connectivity index is 1.70. The van der Waals surface area contributed by atoms with Crippen LogP contribution in [0.3, 0.4) is 0 Å². The van der Waals surface area contributed by atoms with E-state index in [9.17, 15) is 4.79 Å². The van der Waals surface area contributed by atoms with Crippen molar-refractivity contribution in [3.05, 3.63) is 84.1 Å². The van der Waals surface area contributed by atoms with Crippen LogP contribution in [0.25, 0.3) is 11.3 Å². The minimum atomic E-state index is -0.410. The molecule has 4 heteroatoms. The molecule has 0 fully saturated rings. The molecule has 2 aromatic carbocycles. The van der Waals surface area contributed by atoms with Gasteiger partial charge in [-0.15, -0.1) is 0 Å². The summed E-state index contributed by atoms with van der Waals surface area (Å²) >= 11 is 0. The lowest BCUT2D eigenvalue weighted by atomic mass is 10.1. The summed E-state index contributed by atoms with van der Waals surface area (Å²) in [6.07, 6.45) is 0. The smallest absolute Gasteiger partial charge is 0.356 e. The number of nitrogens with zero attached hydrogens (tertiary/aromatic N) is 1. The Hall–Kier alpha value is -3.14. The molecule has 0 N–H and O–H groups in total. The van der Waals surface area contributed by atoms with Gasteiger partial charge in [0.05, 0.1) is 12.3 Å². The fourth-order valence-electron chi connectivity index (χ4n) is 2.38. The molecule has 0 amide bonds. The van der Waals surface area contributed by atoms with Crippen molar-refractivity contribution >= 4 is 5.97 Å². The molecule has 1 aromatic heterocycles. The molecule has 25 heavy (non-hydrogen) atoms. The molecule has 0 saturated carbocycles. The van der Waals surface area contributed by atoms with Gasteiger partial charge in [-0.1, -0.05) is 36.4 Å². The third-order valence-electron chi connectivity index (χ3n) is 3.63. The zero-order valence-electron chi connectivity index (χ0n) is 14.0. The van der Waals surface area contributed by atoms with E-state index in [4.69, 9.17) is 9.47 Å². The number of ether oxygens (including phenoxy) is 2. The number of aromatic nitrogens is 1. The van der Waals surface area contributed by atoms with E-state index in [0.717, 1.165) is 22.6 Å². The van der Waals surface area contributed by atoms with Gasteiger partial charge in [0.15, 0.2) is 0 Å². The molecule has 0 aliphatic rings. The maximum Gasteiger partial charge on any atom is 0.356 e. The zero-order valence-corrected chi connectivity index (χ0v) is 14.0. The Morgan fingerprint density at radius 2 is 1.68 bits per heavy atom. The fraction of sp³-hybridized carbons (Fsp3) is 0.143. The first kappa shape index (κ1) is 16.7. The predicted octanol–water partition coefficient (Wildman–Crippen LogP) is 4.50. The van der Waals surface area contributed by atoms with Crippen LogP contribution in [-0.2, 0) is 11.3 Å². The van der Waals surface area contributed by atoms with Gasteiger partial charge < -0.3 is 9.47 Å². The van der Waals surface area contributed by atoms with Gasteiger partial charge in [0.2, 0.25) is 0 Å². The molecule has 4 nitrogen and oxygen atoms in total. The number of hydrogen-bond donors (Lipinski definition) is 0. The number of rotatable bonds is 6. The van der Waals surface area contributed by atoms with E-state index in [1.807, 2.05) is 60.7 Å². The molecule has 126 valence electrons. The number of esters is 1. The lowest BCUT2D eigenvalue weighted by Crippen LogP contribution is -2.07. The van der Waals surface area contributed by atoms with Crippen molar-refractivity contribution in [3.8, 4) is 17.0 Å². The van der Waals surface area contributed by atoms with Crippen molar-refractivity contribution < 1.29 is 14.3 Å². The topological polar surface area (TPSA) is 48.4 Å². The molecule has 0 unspecified atom stereocenters. The van der Waals surface area contributed by atoms with Crippen LogP contribution in [0.4, 0.5) is 0 Å². The average molecular weight is 333 g/mol. The molecule has 0 spiro atoms. The summed E-state index contributed by atoms with van der Waals surface area (Å²) in [5.74, 6) is 0.376. The van der Waals surface area contributed by atoms with E-state index in [-0.39, 0.29) is 0 Å². The summed E-state index contributed by atoms with van der Waals surface area (Å²) in [6.45, 7) is 2.63. The number of pyridine rings is 1. The molecule has 0 radical (unpaired) electrons. The van der Waals surface area contributed by atoms with E-state index in [1.54, 1.807) is 19.1 Å². The van der Waals surface area contributed by atoms with Crippen molar-refractivity contribution in [2.45, 2.75) is 13.5 Å². The Bertz CT molecular complexity index is 829. The lowest BCUT2D eigenvalue weighted by molar-refractivity contribution is 0.0519. The average Bonchev–Trinajstić information content (AvgIpc) is 2.68. The Labute approximate surface area is 147 Å². The van der Waals surface area contributed by atoms with Crippen LogP contribution >= 0.6 is 0 Å². The quantitative estimate of drug-likeness (QED) is 0.623. The number of carbonyl (C=O) groups is 1. The van der Waals surface area contributed by atoms with Crippen LogP contribution in [0.5, 0.6) is 5.75 Å². The highest BCUT2D eigenvalue weighted by molar-refractivity contribution is 5.87. The zero-order chi connectivity index (χ0) is 17.5. The van der Waals surface area contributed by atoms with Crippen LogP contribution in [-0.4, -0.2) is 17.6 Å². The third kappa shape index (κ3) is 4.44. The minimum absolute atomic E-state index is 0.309. The second kappa shape index (κ2) is 8.11. The van der Waals surface area contributed by atoms with E-state index >= 15 is 0 Å². The van der Waals surface area contributed by atoms with Crippen LogP contribution < -0.4 is 4.74 Å². The van der Waals surface area contributed by atoms with Crippen molar-refractivity contribution in [1.82, 2.24) is 4.98 Å². The maximum atomic E-state index is 11.8. The lowest BCUT2D eigenvalue weighted by Gasteiger charge is -2.08. The molecule has 0 aliphatic heterocycles. The molecule has 0 atom stereocenters. The van der Waals surface area contributed by atoms with E-state index in [1.165, 1.54) is 0 Å². The van der Waals surface area contributed by atoms with E-state index < -0.39 is 5.97 Å². The molecule has 3 rings (SSSR count). The Morgan fingerprint density at radius 1 is 0.920 bits per heavy atom. The minimum Gasteiger partial charge on any atom is -0.489 e. The highest BCUT2D eigenvalue weighted by atomic mass is 16.5. The molecule has 0 saturated heterocycles. The Morgan fingerprint density at radius 3 is 2.40 bits per heavy atom. The highest BCUT2D eigenvalue weighted by Gasteiger charge is 2.09. The third-order valence-corrected chi connectivity index (χ3v) is 3.63. The van der Waals surface area contributed by atoms with Gasteiger partial charge in [0.1, 0.15) is 18.1 Å². The van der Waals surface area contributed by atoms with Gasteiger partial charge in [-0.3, -0.25) is 0 Å². The van der Waals surface area contributed by atoms with Crippen LogP contribution in [0, 0.1) is 0 Å². The van der Waals surface area contributed by atoms with Gasteiger partial charge in [-0.05, 0) is 48.9 Å². The molecule has 1 heterocycles. The first-order chi connectivity index (χ1) is 12.3. The molecule has 0 aliphatic carbocycles. The summed E-state index contributed by atoms with van der Waals surface area (Å²) in [7, 11) is 0. The maximum absolute atomic E-state index is 11.8. The van der Waals surface area contributed by atoms with Gasteiger partial charge >= 0.3 is 5.97 Å². The molecular weight excluding hydrogens is 314 g/mol. The van der Waals surface area contributed by atoms with E-state index in [2.05, 4.69) is 4.98 Å². The molecular formula is C21H19NO3. The number of hydrogen-bond acceptors (Lipinski definition) is 4. The first-order valence-electron chi connectivity index (χ1n) is 8.17. The first-order valence-corrected chi connectivity index (χ1v) is 8.17. The summed E-state index contributed by atoms with van der Waals surface area (Å²) in [4.78, 5) is 16.2. The van der Waals surface area contributed by atoms with Crippen molar-refractivity contribution in [2.24, 2.45) is 0 Å². The van der Waals surface area contributed by atoms with Crippen molar-refractivity contribution in [3.63, 3.8) is 0 Å². The molecule has 3 aromatic rings. The second-order valence-electron chi connectivity index (χ2n) is 5.43. The highest BCUT2D eigenvalue weighted by Crippen LogP contribution is 2.22. The van der Waals surface area contributed by atoms with Gasteiger partial charge in [0.25, 0.3) is 0 Å². The fourth-order valence-corrected chi connectivity index (χ4v) is 2.38. The Kier molecular flexibility index (Phi) is 5.42. The van der Waals surface area contributed by atoms with Gasteiger partial charge in [0, 0.05) is 5.56 Å². The van der Waals surface area contributed by atoms with Crippen LogP contribution in [0.1, 0.15) is 23.0 Å². The van der Waals surface area contributed by atoms with Gasteiger partial charge in [-0.2, -0.15) is 0 Å². The van der Waals surface area contributed by atoms with Crippen LogP contribution in [0.15, 0.2) is 72.8 Å². The summed E-state index contributed by atoms with van der Waals surface area (Å²) < 4.78 is 10.8. The normalized spacial score (nSPS) is 10.3. The number of carbonyl (C=O) groups excluding carboxylic acids is 1. The summed E-state index contributed by atoms with van der Waals surface area (Å²) in [5.41, 5.74) is 3.07.